The van der Waals surface area contributed by atoms with Gasteiger partial charge in [-0.15, -0.1) is 11.3 Å². The molecule has 1 fully saturated rings. The van der Waals surface area contributed by atoms with Gasteiger partial charge < -0.3 is 4.90 Å². The number of carbonyl (C=O) groups excluding carboxylic acids is 1. The number of aromatic nitrogens is 1. The number of halogens is 2. The molecule has 0 radical (unpaired) electrons. The van der Waals surface area contributed by atoms with E-state index in [0.29, 0.717) is 6.54 Å². The lowest BCUT2D eigenvalue weighted by Gasteiger charge is -2.22. The minimum atomic E-state index is -0.551. The Morgan fingerprint density at radius 3 is 3.00 bits per heavy atom. The maximum atomic E-state index is 13.3. The highest BCUT2D eigenvalue weighted by molar-refractivity contribution is 7.09. The summed E-state index contributed by atoms with van der Waals surface area (Å²) in [4.78, 5) is 19.1. The van der Waals surface area contributed by atoms with Crippen LogP contribution in [0, 0.1) is 5.82 Å². The van der Waals surface area contributed by atoms with Crippen molar-refractivity contribution in [3.05, 3.63) is 51.2 Å². The Balaban J connectivity index is 1.87. The summed E-state index contributed by atoms with van der Waals surface area (Å²) in [5.74, 6) is -0.803. The smallest absolute Gasteiger partial charge is 0.257 e. The topological polar surface area (TPSA) is 33.2 Å². The summed E-state index contributed by atoms with van der Waals surface area (Å²) in [6.07, 6.45) is 2.98. The predicted molar refractivity (Wildman–Crippen MR) is 76.4 cm³/mol. The van der Waals surface area contributed by atoms with E-state index in [1.54, 1.807) is 16.2 Å². The third-order valence-corrected chi connectivity index (χ3v) is 4.35. The lowest BCUT2D eigenvalue weighted by atomic mass is 10.2. The first-order chi connectivity index (χ1) is 9.65. The van der Waals surface area contributed by atoms with E-state index < -0.39 is 5.82 Å². The van der Waals surface area contributed by atoms with E-state index in [2.05, 4.69) is 4.98 Å². The van der Waals surface area contributed by atoms with Crippen LogP contribution in [0.3, 0.4) is 0 Å². The summed E-state index contributed by atoms with van der Waals surface area (Å²) in [6.45, 7) is 0.536. The quantitative estimate of drug-likeness (QED) is 0.806. The lowest BCUT2D eigenvalue weighted by molar-refractivity contribution is 0.0731. The Hall–Kier alpha value is -1.46. The molecule has 0 atom stereocenters. The normalized spacial score (nSPS) is 14.3. The van der Waals surface area contributed by atoms with E-state index in [-0.39, 0.29) is 22.7 Å². The van der Waals surface area contributed by atoms with E-state index in [0.717, 1.165) is 30.0 Å². The highest BCUT2D eigenvalue weighted by Gasteiger charge is 2.34. The van der Waals surface area contributed by atoms with Crippen molar-refractivity contribution in [2.45, 2.75) is 25.4 Å². The Kier molecular flexibility index (Phi) is 3.72. The average Bonchev–Trinajstić information content (AvgIpc) is 3.15. The molecular weight excluding hydrogens is 299 g/mol. The van der Waals surface area contributed by atoms with Crippen molar-refractivity contribution in [3.8, 4) is 0 Å². The zero-order valence-electron chi connectivity index (χ0n) is 10.6. The van der Waals surface area contributed by atoms with Crippen LogP contribution in [0.25, 0.3) is 0 Å². The molecule has 1 amide bonds. The number of thiophene rings is 1. The molecule has 2 aromatic rings. The van der Waals surface area contributed by atoms with Crippen LogP contribution < -0.4 is 0 Å². The molecule has 3 nitrogen and oxygen atoms in total. The Labute approximate surface area is 125 Å². The number of hydrogen-bond donors (Lipinski definition) is 0. The van der Waals surface area contributed by atoms with Gasteiger partial charge in [0, 0.05) is 10.9 Å². The summed E-state index contributed by atoms with van der Waals surface area (Å²) in [6, 6.07) is 5.32. The van der Waals surface area contributed by atoms with Gasteiger partial charge in [0.05, 0.1) is 18.3 Å². The maximum Gasteiger partial charge on any atom is 0.257 e. The molecule has 0 aromatic carbocycles. The molecule has 20 heavy (non-hydrogen) atoms. The van der Waals surface area contributed by atoms with Crippen molar-refractivity contribution in [1.82, 2.24) is 9.88 Å². The second-order valence-corrected chi connectivity index (χ2v) is 6.13. The third kappa shape index (κ3) is 2.83. The fourth-order valence-electron chi connectivity index (χ4n) is 2.05. The van der Waals surface area contributed by atoms with Crippen molar-refractivity contribution < 1.29 is 9.18 Å². The SMILES string of the molecule is O=C(c1cc(F)cnc1Cl)N(Cc1cccs1)C1CC1. The second kappa shape index (κ2) is 5.50. The first-order valence-electron chi connectivity index (χ1n) is 6.29. The molecule has 6 heteroatoms. The number of carbonyl (C=O) groups is 1. The molecule has 2 aromatic heterocycles. The van der Waals surface area contributed by atoms with E-state index in [1.807, 2.05) is 17.5 Å². The zero-order chi connectivity index (χ0) is 14.1. The summed E-state index contributed by atoms with van der Waals surface area (Å²) in [7, 11) is 0. The fraction of sp³-hybridized carbons (Fsp3) is 0.286. The molecule has 0 N–H and O–H groups in total. The van der Waals surface area contributed by atoms with Gasteiger partial charge in [-0.3, -0.25) is 4.79 Å². The minimum absolute atomic E-state index is 0.0493. The lowest BCUT2D eigenvalue weighted by Crippen LogP contribution is -2.32. The minimum Gasteiger partial charge on any atom is -0.330 e. The van der Waals surface area contributed by atoms with Gasteiger partial charge in [-0.2, -0.15) is 0 Å². The van der Waals surface area contributed by atoms with Gasteiger partial charge in [0.2, 0.25) is 0 Å². The van der Waals surface area contributed by atoms with Crippen LogP contribution in [0.4, 0.5) is 4.39 Å². The van der Waals surface area contributed by atoms with Gasteiger partial charge in [-0.05, 0) is 30.4 Å². The molecule has 104 valence electrons. The summed E-state index contributed by atoms with van der Waals surface area (Å²) in [5, 5.41) is 2.02. The van der Waals surface area contributed by atoms with E-state index in [9.17, 15) is 9.18 Å². The molecule has 1 aliphatic carbocycles. The van der Waals surface area contributed by atoms with Crippen LogP contribution in [0.5, 0.6) is 0 Å². The molecule has 0 spiro atoms. The highest BCUT2D eigenvalue weighted by atomic mass is 35.5. The first-order valence-corrected chi connectivity index (χ1v) is 7.55. The monoisotopic (exact) mass is 310 g/mol. The van der Waals surface area contributed by atoms with Crippen LogP contribution in [0.15, 0.2) is 29.8 Å². The van der Waals surface area contributed by atoms with E-state index in [1.165, 1.54) is 0 Å². The molecule has 3 rings (SSSR count). The van der Waals surface area contributed by atoms with Crippen LogP contribution in [-0.2, 0) is 6.54 Å². The van der Waals surface area contributed by atoms with Crippen LogP contribution in [0.1, 0.15) is 28.1 Å². The van der Waals surface area contributed by atoms with Gasteiger partial charge in [-0.25, -0.2) is 9.37 Å². The van der Waals surface area contributed by atoms with Crippen LogP contribution in [0.2, 0.25) is 5.15 Å². The summed E-state index contributed by atoms with van der Waals surface area (Å²) < 4.78 is 13.3. The predicted octanol–water partition coefficient (Wildman–Crippen LogP) is 3.74. The maximum absolute atomic E-state index is 13.3. The number of amides is 1. The largest absolute Gasteiger partial charge is 0.330 e. The number of nitrogens with zero attached hydrogens (tertiary/aromatic N) is 2. The first kappa shape index (κ1) is 13.5. The second-order valence-electron chi connectivity index (χ2n) is 4.74. The molecule has 2 heterocycles. The Bertz CT molecular complexity index is 628. The van der Waals surface area contributed by atoms with Crippen molar-refractivity contribution in [2.24, 2.45) is 0 Å². The highest BCUT2D eigenvalue weighted by Crippen LogP contribution is 2.31. The molecule has 0 aliphatic heterocycles. The van der Waals surface area contributed by atoms with Gasteiger partial charge in [-0.1, -0.05) is 17.7 Å². The molecular formula is C14H12ClFN2OS. The van der Waals surface area contributed by atoms with Crippen molar-refractivity contribution in [2.75, 3.05) is 0 Å². The van der Waals surface area contributed by atoms with Gasteiger partial charge in [0.25, 0.3) is 5.91 Å². The Morgan fingerprint density at radius 2 is 2.35 bits per heavy atom. The van der Waals surface area contributed by atoms with Gasteiger partial charge in [0.1, 0.15) is 11.0 Å². The van der Waals surface area contributed by atoms with E-state index in [4.69, 9.17) is 11.6 Å². The molecule has 1 aliphatic rings. The number of rotatable bonds is 4. The zero-order valence-corrected chi connectivity index (χ0v) is 12.1. The van der Waals surface area contributed by atoms with Crippen LogP contribution in [-0.4, -0.2) is 21.8 Å². The number of pyridine rings is 1. The molecule has 0 saturated heterocycles. The summed E-state index contributed by atoms with van der Waals surface area (Å²) >= 11 is 7.52. The van der Waals surface area contributed by atoms with Gasteiger partial charge in [0.15, 0.2) is 0 Å². The van der Waals surface area contributed by atoms with E-state index >= 15 is 0 Å². The van der Waals surface area contributed by atoms with Crippen molar-refractivity contribution in [3.63, 3.8) is 0 Å². The third-order valence-electron chi connectivity index (χ3n) is 3.19. The van der Waals surface area contributed by atoms with Crippen LogP contribution >= 0.6 is 22.9 Å². The standard InChI is InChI=1S/C14H12ClFN2OS/c15-13-12(6-9(16)7-17-13)14(19)18(10-3-4-10)8-11-2-1-5-20-11/h1-2,5-7,10H,3-4,8H2. The van der Waals surface area contributed by atoms with Gasteiger partial charge >= 0.3 is 0 Å². The Morgan fingerprint density at radius 1 is 1.55 bits per heavy atom. The average molecular weight is 311 g/mol. The van der Waals surface area contributed by atoms with Crippen molar-refractivity contribution >= 4 is 28.8 Å². The summed E-state index contributed by atoms with van der Waals surface area (Å²) in [5.41, 5.74) is 0.134. The molecule has 1 saturated carbocycles. The van der Waals surface area contributed by atoms with Crippen molar-refractivity contribution in [1.29, 1.82) is 0 Å². The fourth-order valence-corrected chi connectivity index (χ4v) is 2.94. The molecule has 0 bridgehead atoms. The number of hydrogen-bond acceptors (Lipinski definition) is 3. The molecule has 0 unspecified atom stereocenters.